The van der Waals surface area contributed by atoms with Crippen LogP contribution in [0.5, 0.6) is 0 Å². The standard InChI is InChI=1S/C12H20N2O4/c1-3-4-11(16)14-6-9(12(17)18)5-10(7-14)13-8(2)15/h9-10H,3-7H2,1-2H3,(H,13,15)(H,17,18). The van der Waals surface area contributed by atoms with E-state index in [4.69, 9.17) is 5.11 Å². The summed E-state index contributed by atoms with van der Waals surface area (Å²) in [7, 11) is 0. The second-order valence-corrected chi connectivity index (χ2v) is 4.72. The molecule has 0 aromatic heterocycles. The molecule has 2 unspecified atom stereocenters. The minimum absolute atomic E-state index is 0.0428. The number of carbonyl (C=O) groups excluding carboxylic acids is 2. The zero-order valence-electron chi connectivity index (χ0n) is 10.8. The largest absolute Gasteiger partial charge is 0.481 e. The fourth-order valence-corrected chi connectivity index (χ4v) is 2.25. The zero-order valence-corrected chi connectivity index (χ0v) is 10.8. The quantitative estimate of drug-likeness (QED) is 0.753. The number of amides is 2. The Labute approximate surface area is 106 Å². The van der Waals surface area contributed by atoms with Crippen molar-refractivity contribution in [1.29, 1.82) is 0 Å². The first-order chi connectivity index (χ1) is 8.43. The van der Waals surface area contributed by atoms with Crippen LogP contribution in [-0.4, -0.2) is 46.9 Å². The Bertz CT molecular complexity index is 343. The molecule has 1 fully saturated rings. The number of hydrogen-bond acceptors (Lipinski definition) is 3. The van der Waals surface area contributed by atoms with Crippen LogP contribution in [0.25, 0.3) is 0 Å². The predicted molar refractivity (Wildman–Crippen MR) is 64.8 cm³/mol. The molecule has 1 rings (SSSR count). The summed E-state index contributed by atoms with van der Waals surface area (Å²) in [6, 6.07) is -0.266. The first-order valence-corrected chi connectivity index (χ1v) is 6.21. The molecule has 1 heterocycles. The van der Waals surface area contributed by atoms with E-state index in [1.165, 1.54) is 6.92 Å². The van der Waals surface area contributed by atoms with Gasteiger partial charge in [0.15, 0.2) is 0 Å². The van der Waals surface area contributed by atoms with Crippen LogP contribution in [0.4, 0.5) is 0 Å². The summed E-state index contributed by atoms with van der Waals surface area (Å²) in [5.74, 6) is -1.76. The van der Waals surface area contributed by atoms with Crippen LogP contribution in [0.1, 0.15) is 33.1 Å². The van der Waals surface area contributed by atoms with Crippen LogP contribution < -0.4 is 5.32 Å². The van der Waals surface area contributed by atoms with Gasteiger partial charge < -0.3 is 15.3 Å². The maximum absolute atomic E-state index is 11.8. The number of rotatable bonds is 4. The van der Waals surface area contributed by atoms with Gasteiger partial charge in [0, 0.05) is 32.5 Å². The summed E-state index contributed by atoms with van der Waals surface area (Å²) in [4.78, 5) is 35.5. The molecule has 0 spiro atoms. The fraction of sp³-hybridized carbons (Fsp3) is 0.750. The Hall–Kier alpha value is -1.59. The van der Waals surface area contributed by atoms with E-state index in [1.54, 1.807) is 4.90 Å². The van der Waals surface area contributed by atoms with Gasteiger partial charge >= 0.3 is 5.97 Å². The lowest BCUT2D eigenvalue weighted by Crippen LogP contribution is -2.53. The Morgan fingerprint density at radius 3 is 2.50 bits per heavy atom. The lowest BCUT2D eigenvalue weighted by Gasteiger charge is -2.36. The van der Waals surface area contributed by atoms with Gasteiger partial charge in [-0.25, -0.2) is 0 Å². The molecule has 102 valence electrons. The molecule has 2 amide bonds. The Morgan fingerprint density at radius 2 is 2.00 bits per heavy atom. The number of aliphatic carboxylic acids is 1. The molecular formula is C12H20N2O4. The third-order valence-corrected chi connectivity index (χ3v) is 3.02. The third-order valence-electron chi connectivity index (χ3n) is 3.02. The summed E-state index contributed by atoms with van der Waals surface area (Å²) in [5.41, 5.74) is 0. The van der Waals surface area contributed by atoms with E-state index in [0.717, 1.165) is 6.42 Å². The Kier molecular flexibility index (Phi) is 5.12. The summed E-state index contributed by atoms with van der Waals surface area (Å²) in [6.45, 7) is 3.94. The minimum Gasteiger partial charge on any atom is -0.481 e. The van der Waals surface area contributed by atoms with Crippen molar-refractivity contribution >= 4 is 17.8 Å². The average molecular weight is 256 g/mol. The highest BCUT2D eigenvalue weighted by Crippen LogP contribution is 2.18. The highest BCUT2D eigenvalue weighted by atomic mass is 16.4. The van der Waals surface area contributed by atoms with Gasteiger partial charge in [-0.05, 0) is 12.8 Å². The van der Waals surface area contributed by atoms with Crippen molar-refractivity contribution in [2.45, 2.75) is 39.2 Å². The van der Waals surface area contributed by atoms with Crippen molar-refractivity contribution in [2.75, 3.05) is 13.1 Å². The monoisotopic (exact) mass is 256 g/mol. The van der Waals surface area contributed by atoms with Crippen molar-refractivity contribution in [3.8, 4) is 0 Å². The van der Waals surface area contributed by atoms with Gasteiger partial charge in [0.1, 0.15) is 0 Å². The Morgan fingerprint density at radius 1 is 1.33 bits per heavy atom. The van der Waals surface area contributed by atoms with Crippen LogP contribution in [0.3, 0.4) is 0 Å². The average Bonchev–Trinajstić information content (AvgIpc) is 2.27. The molecule has 1 saturated heterocycles. The van der Waals surface area contributed by atoms with E-state index in [9.17, 15) is 14.4 Å². The molecule has 18 heavy (non-hydrogen) atoms. The van der Waals surface area contributed by atoms with E-state index in [2.05, 4.69) is 5.32 Å². The van der Waals surface area contributed by atoms with Crippen molar-refractivity contribution < 1.29 is 19.5 Å². The summed E-state index contributed by atoms with van der Waals surface area (Å²) in [6.07, 6.45) is 1.53. The maximum atomic E-state index is 11.8. The highest BCUT2D eigenvalue weighted by molar-refractivity contribution is 5.78. The maximum Gasteiger partial charge on any atom is 0.308 e. The molecular weight excluding hydrogens is 236 g/mol. The lowest BCUT2D eigenvalue weighted by atomic mass is 9.94. The molecule has 0 aromatic carbocycles. The first kappa shape index (κ1) is 14.5. The number of nitrogens with zero attached hydrogens (tertiary/aromatic N) is 1. The predicted octanol–water partition coefficient (Wildman–Crippen LogP) is 0.224. The van der Waals surface area contributed by atoms with Crippen molar-refractivity contribution in [1.82, 2.24) is 10.2 Å². The van der Waals surface area contributed by atoms with E-state index in [1.807, 2.05) is 6.92 Å². The SMILES string of the molecule is CCCC(=O)N1CC(NC(C)=O)CC(C(=O)O)C1. The molecule has 0 aliphatic carbocycles. The Balaban J connectivity index is 2.70. The van der Waals surface area contributed by atoms with E-state index in [-0.39, 0.29) is 24.4 Å². The molecule has 6 heteroatoms. The molecule has 2 atom stereocenters. The van der Waals surface area contributed by atoms with Crippen molar-refractivity contribution in [3.63, 3.8) is 0 Å². The van der Waals surface area contributed by atoms with Crippen molar-refractivity contribution in [2.24, 2.45) is 5.92 Å². The normalized spacial score (nSPS) is 23.6. The molecule has 2 N–H and O–H groups in total. The topological polar surface area (TPSA) is 86.7 Å². The number of carboxylic acids is 1. The lowest BCUT2D eigenvalue weighted by molar-refractivity contribution is -0.147. The molecule has 6 nitrogen and oxygen atoms in total. The smallest absolute Gasteiger partial charge is 0.308 e. The summed E-state index contributed by atoms with van der Waals surface area (Å²) < 4.78 is 0. The van der Waals surface area contributed by atoms with E-state index < -0.39 is 11.9 Å². The van der Waals surface area contributed by atoms with Crippen LogP contribution in [0, 0.1) is 5.92 Å². The van der Waals surface area contributed by atoms with Gasteiger partial charge in [-0.2, -0.15) is 0 Å². The number of hydrogen-bond donors (Lipinski definition) is 2. The van der Waals surface area contributed by atoms with Gasteiger partial charge in [0.25, 0.3) is 0 Å². The zero-order chi connectivity index (χ0) is 13.7. The number of piperidine rings is 1. The number of carbonyl (C=O) groups is 3. The molecule has 1 aliphatic heterocycles. The summed E-state index contributed by atoms with van der Waals surface area (Å²) >= 11 is 0. The molecule has 0 saturated carbocycles. The van der Waals surface area contributed by atoms with Crippen LogP contribution in [-0.2, 0) is 14.4 Å². The molecule has 0 bridgehead atoms. The third kappa shape index (κ3) is 4.01. The van der Waals surface area contributed by atoms with E-state index in [0.29, 0.717) is 19.4 Å². The van der Waals surface area contributed by atoms with E-state index >= 15 is 0 Å². The molecule has 1 aliphatic rings. The molecule has 0 aromatic rings. The fourth-order valence-electron chi connectivity index (χ4n) is 2.25. The van der Waals surface area contributed by atoms with Gasteiger partial charge in [-0.15, -0.1) is 0 Å². The highest BCUT2D eigenvalue weighted by Gasteiger charge is 2.33. The minimum atomic E-state index is -0.917. The van der Waals surface area contributed by atoms with Gasteiger partial charge in [-0.3, -0.25) is 14.4 Å². The summed E-state index contributed by atoms with van der Waals surface area (Å²) in [5, 5.41) is 11.8. The molecule has 0 radical (unpaired) electrons. The second-order valence-electron chi connectivity index (χ2n) is 4.72. The number of likely N-dealkylation sites (tertiary alicyclic amines) is 1. The van der Waals surface area contributed by atoms with Crippen LogP contribution in [0.2, 0.25) is 0 Å². The van der Waals surface area contributed by atoms with Crippen LogP contribution in [0.15, 0.2) is 0 Å². The van der Waals surface area contributed by atoms with Gasteiger partial charge in [0.2, 0.25) is 11.8 Å². The first-order valence-electron chi connectivity index (χ1n) is 6.21. The van der Waals surface area contributed by atoms with Crippen molar-refractivity contribution in [3.05, 3.63) is 0 Å². The van der Waals surface area contributed by atoms with Gasteiger partial charge in [0.05, 0.1) is 5.92 Å². The van der Waals surface area contributed by atoms with Gasteiger partial charge in [-0.1, -0.05) is 6.92 Å². The van der Waals surface area contributed by atoms with Crippen LogP contribution >= 0.6 is 0 Å². The second kappa shape index (κ2) is 6.37. The number of nitrogens with one attached hydrogen (secondary N) is 1. The number of carboxylic acid groups (broad SMARTS) is 1.